The van der Waals surface area contributed by atoms with Crippen LogP contribution >= 0.6 is 0 Å². The van der Waals surface area contributed by atoms with Crippen molar-refractivity contribution in [3.8, 4) is 22.3 Å². The topological polar surface area (TPSA) is 16.1 Å². The lowest BCUT2D eigenvalue weighted by Gasteiger charge is -2.39. The van der Waals surface area contributed by atoms with Gasteiger partial charge in [-0.25, -0.2) is 0 Å². The molecule has 0 spiro atoms. The highest BCUT2D eigenvalue weighted by Crippen LogP contribution is 2.49. The van der Waals surface area contributed by atoms with Crippen LogP contribution in [0.15, 0.2) is 91.3 Å². The van der Waals surface area contributed by atoms with E-state index in [1.807, 2.05) is 12.4 Å². The van der Waals surface area contributed by atoms with Crippen LogP contribution in [0, 0.1) is 6.92 Å². The molecule has 1 aliphatic rings. The predicted molar refractivity (Wildman–Crippen MR) is 117 cm³/mol. The van der Waals surface area contributed by atoms with E-state index >= 15 is 0 Å². The molecule has 0 aliphatic carbocycles. The molecule has 0 N–H and O–H groups in total. The minimum absolute atomic E-state index is 0.262. The van der Waals surface area contributed by atoms with E-state index in [2.05, 4.69) is 103 Å². The molecule has 5 rings (SSSR count). The average molecular weight is 362 g/mol. The van der Waals surface area contributed by atoms with Crippen molar-refractivity contribution in [2.75, 3.05) is 4.90 Å². The number of aromatic nitrogens is 1. The smallest absolute Gasteiger partial charge is 0.0569 e. The van der Waals surface area contributed by atoms with Crippen LogP contribution in [0.25, 0.3) is 22.3 Å². The van der Waals surface area contributed by atoms with E-state index in [9.17, 15) is 0 Å². The maximum Gasteiger partial charge on any atom is 0.0569 e. The molecule has 0 bridgehead atoms. The number of pyridine rings is 1. The van der Waals surface area contributed by atoms with Crippen LogP contribution in [0.3, 0.4) is 0 Å². The fourth-order valence-electron chi connectivity index (χ4n) is 4.31. The summed E-state index contributed by atoms with van der Waals surface area (Å²) >= 11 is 0. The van der Waals surface area contributed by atoms with Gasteiger partial charge in [-0.15, -0.1) is 0 Å². The Hall–Kier alpha value is -3.39. The zero-order chi connectivity index (χ0) is 19.1. The van der Waals surface area contributed by atoms with E-state index in [1.165, 1.54) is 44.8 Å². The van der Waals surface area contributed by atoms with E-state index in [0.717, 1.165) is 0 Å². The SMILES string of the molecule is Cc1ccccc1N1c2ccccc2-c2cc(-c3ccncc3)ccc2C1C. The summed E-state index contributed by atoms with van der Waals surface area (Å²) in [4.78, 5) is 6.62. The van der Waals surface area contributed by atoms with Gasteiger partial charge in [0.2, 0.25) is 0 Å². The summed E-state index contributed by atoms with van der Waals surface area (Å²) in [6, 6.07) is 28.6. The van der Waals surface area contributed by atoms with Gasteiger partial charge in [-0.3, -0.25) is 4.98 Å². The molecule has 3 aromatic carbocycles. The highest BCUT2D eigenvalue weighted by molar-refractivity contribution is 5.90. The molecule has 0 radical (unpaired) electrons. The number of hydrogen-bond donors (Lipinski definition) is 0. The second kappa shape index (κ2) is 6.65. The lowest BCUT2D eigenvalue weighted by atomic mass is 9.86. The van der Waals surface area contributed by atoms with Gasteiger partial charge in [0.1, 0.15) is 0 Å². The van der Waals surface area contributed by atoms with Gasteiger partial charge in [-0.1, -0.05) is 48.5 Å². The number of fused-ring (bicyclic) bond motifs is 3. The third-order valence-corrected chi connectivity index (χ3v) is 5.73. The first-order chi connectivity index (χ1) is 13.7. The van der Waals surface area contributed by atoms with Gasteiger partial charge in [-0.2, -0.15) is 0 Å². The summed E-state index contributed by atoms with van der Waals surface area (Å²) in [6.07, 6.45) is 3.70. The molecule has 2 heterocycles. The van der Waals surface area contributed by atoms with E-state index in [1.54, 1.807) is 0 Å². The number of rotatable bonds is 2. The third kappa shape index (κ3) is 2.61. The van der Waals surface area contributed by atoms with Crippen LogP contribution in [0.4, 0.5) is 11.4 Å². The van der Waals surface area contributed by atoms with Crippen LogP contribution in [-0.2, 0) is 0 Å². The van der Waals surface area contributed by atoms with Gasteiger partial charge < -0.3 is 4.90 Å². The standard InChI is InChI=1S/C26H22N2/c1-18-7-3-5-9-25(18)28-19(2)22-12-11-21(20-13-15-27-16-14-20)17-24(22)23-8-4-6-10-26(23)28/h3-17,19H,1-2H3. The fraction of sp³-hybridized carbons (Fsp3) is 0.115. The molecule has 1 aromatic heterocycles. The van der Waals surface area contributed by atoms with E-state index in [4.69, 9.17) is 0 Å². The molecule has 4 aromatic rings. The molecular weight excluding hydrogens is 340 g/mol. The Balaban J connectivity index is 1.72. The quantitative estimate of drug-likeness (QED) is 0.384. The zero-order valence-electron chi connectivity index (χ0n) is 16.1. The van der Waals surface area contributed by atoms with Gasteiger partial charge in [-0.05, 0) is 72.0 Å². The van der Waals surface area contributed by atoms with Crippen LogP contribution in [0.2, 0.25) is 0 Å². The maximum absolute atomic E-state index is 4.15. The minimum atomic E-state index is 0.262. The van der Waals surface area contributed by atoms with Gasteiger partial charge in [0, 0.05) is 29.3 Å². The number of benzene rings is 3. The third-order valence-electron chi connectivity index (χ3n) is 5.73. The van der Waals surface area contributed by atoms with Crippen molar-refractivity contribution in [2.45, 2.75) is 19.9 Å². The second-order valence-electron chi connectivity index (χ2n) is 7.39. The molecule has 1 unspecified atom stereocenters. The number of anilines is 2. The molecule has 2 nitrogen and oxygen atoms in total. The summed E-state index contributed by atoms with van der Waals surface area (Å²) in [7, 11) is 0. The summed E-state index contributed by atoms with van der Waals surface area (Å²) in [6.45, 7) is 4.49. The monoisotopic (exact) mass is 362 g/mol. The predicted octanol–water partition coefficient (Wildman–Crippen LogP) is 6.94. The summed E-state index contributed by atoms with van der Waals surface area (Å²) in [5.74, 6) is 0. The Morgan fingerprint density at radius 3 is 2.21 bits per heavy atom. The van der Waals surface area contributed by atoms with Crippen LogP contribution in [0.1, 0.15) is 24.1 Å². The Morgan fingerprint density at radius 1 is 0.714 bits per heavy atom. The first-order valence-electron chi connectivity index (χ1n) is 9.72. The van der Waals surface area contributed by atoms with Gasteiger partial charge in [0.15, 0.2) is 0 Å². The van der Waals surface area contributed by atoms with Crippen molar-refractivity contribution in [3.63, 3.8) is 0 Å². The number of aryl methyl sites for hydroxylation is 1. The molecule has 0 saturated carbocycles. The van der Waals surface area contributed by atoms with Crippen molar-refractivity contribution in [1.82, 2.24) is 4.98 Å². The maximum atomic E-state index is 4.15. The second-order valence-corrected chi connectivity index (χ2v) is 7.39. The van der Waals surface area contributed by atoms with Crippen molar-refractivity contribution in [3.05, 3.63) is 102 Å². The number of hydrogen-bond acceptors (Lipinski definition) is 2. The first kappa shape index (κ1) is 16.8. The molecule has 2 heteroatoms. The van der Waals surface area contributed by atoms with Crippen molar-refractivity contribution in [1.29, 1.82) is 0 Å². The number of nitrogens with zero attached hydrogens (tertiary/aromatic N) is 2. The molecule has 0 saturated heterocycles. The van der Waals surface area contributed by atoms with Crippen LogP contribution in [0.5, 0.6) is 0 Å². The Morgan fingerprint density at radius 2 is 1.43 bits per heavy atom. The Labute approximate surface area is 166 Å². The fourth-order valence-corrected chi connectivity index (χ4v) is 4.31. The molecule has 1 aliphatic heterocycles. The lowest BCUT2D eigenvalue weighted by molar-refractivity contribution is 0.764. The van der Waals surface area contributed by atoms with Crippen molar-refractivity contribution < 1.29 is 0 Å². The van der Waals surface area contributed by atoms with E-state index in [0.29, 0.717) is 0 Å². The van der Waals surface area contributed by atoms with Gasteiger partial charge in [0.25, 0.3) is 0 Å². The summed E-state index contributed by atoms with van der Waals surface area (Å²) in [5, 5.41) is 0. The lowest BCUT2D eigenvalue weighted by Crippen LogP contribution is -2.26. The largest absolute Gasteiger partial charge is 0.333 e. The van der Waals surface area contributed by atoms with Crippen molar-refractivity contribution >= 4 is 11.4 Å². The molecule has 0 fully saturated rings. The average Bonchev–Trinajstić information content (AvgIpc) is 2.75. The van der Waals surface area contributed by atoms with E-state index in [-0.39, 0.29) is 6.04 Å². The highest BCUT2D eigenvalue weighted by Gasteiger charge is 2.29. The molecule has 136 valence electrons. The first-order valence-corrected chi connectivity index (χ1v) is 9.72. The minimum Gasteiger partial charge on any atom is -0.333 e. The van der Waals surface area contributed by atoms with Gasteiger partial charge >= 0.3 is 0 Å². The van der Waals surface area contributed by atoms with Gasteiger partial charge in [0.05, 0.1) is 6.04 Å². The van der Waals surface area contributed by atoms with Crippen LogP contribution < -0.4 is 4.90 Å². The molecule has 28 heavy (non-hydrogen) atoms. The molecular formula is C26H22N2. The highest BCUT2D eigenvalue weighted by atomic mass is 15.2. The molecule has 1 atom stereocenters. The molecule has 0 amide bonds. The number of para-hydroxylation sites is 2. The summed E-state index contributed by atoms with van der Waals surface area (Å²) < 4.78 is 0. The summed E-state index contributed by atoms with van der Waals surface area (Å²) in [5.41, 5.74) is 10.2. The zero-order valence-corrected chi connectivity index (χ0v) is 16.1. The Bertz CT molecular complexity index is 1150. The Kier molecular flexibility index (Phi) is 3.98. The van der Waals surface area contributed by atoms with Crippen molar-refractivity contribution in [2.24, 2.45) is 0 Å². The normalized spacial score (nSPS) is 15.1. The van der Waals surface area contributed by atoms with Crippen LogP contribution in [-0.4, -0.2) is 4.98 Å². The van der Waals surface area contributed by atoms with E-state index < -0.39 is 0 Å².